The smallest absolute Gasteiger partial charge is 0.351 e. The summed E-state index contributed by atoms with van der Waals surface area (Å²) in [5.74, 6) is 0.244. The van der Waals surface area contributed by atoms with Gasteiger partial charge in [-0.25, -0.2) is 9.97 Å². The first-order valence-corrected chi connectivity index (χ1v) is 8.06. The van der Waals surface area contributed by atoms with E-state index in [0.29, 0.717) is 11.3 Å². The molecule has 130 valence electrons. The van der Waals surface area contributed by atoms with Crippen molar-refractivity contribution in [2.75, 3.05) is 5.32 Å². The van der Waals surface area contributed by atoms with Crippen LogP contribution in [0.2, 0.25) is 0 Å². The van der Waals surface area contributed by atoms with E-state index < -0.39 is 11.7 Å². The SMILES string of the molecule is Cc1c(-c2nc(NC3CCCCC3)ncc2C(F)(F)F)cnn1C. The molecule has 3 rings (SSSR count). The monoisotopic (exact) mass is 339 g/mol. The second kappa shape index (κ2) is 6.41. The van der Waals surface area contributed by atoms with Gasteiger partial charge in [0.15, 0.2) is 0 Å². The molecule has 5 nitrogen and oxygen atoms in total. The molecule has 1 aliphatic rings. The third kappa shape index (κ3) is 3.37. The Morgan fingerprint density at radius 1 is 1.17 bits per heavy atom. The summed E-state index contributed by atoms with van der Waals surface area (Å²) in [6.07, 6.45) is 3.18. The molecule has 0 aliphatic heterocycles. The Kier molecular flexibility index (Phi) is 4.47. The molecule has 2 aromatic heterocycles. The van der Waals surface area contributed by atoms with E-state index in [4.69, 9.17) is 0 Å². The van der Waals surface area contributed by atoms with Crippen LogP contribution in [-0.4, -0.2) is 25.8 Å². The molecule has 24 heavy (non-hydrogen) atoms. The molecule has 0 spiro atoms. The Labute approximate surface area is 138 Å². The molecule has 0 aromatic carbocycles. The molecule has 0 bridgehead atoms. The van der Waals surface area contributed by atoms with E-state index in [1.807, 2.05) is 0 Å². The number of hydrogen-bond acceptors (Lipinski definition) is 4. The van der Waals surface area contributed by atoms with Crippen LogP contribution < -0.4 is 5.32 Å². The number of aromatic nitrogens is 4. The summed E-state index contributed by atoms with van der Waals surface area (Å²) < 4.78 is 41.5. The van der Waals surface area contributed by atoms with Crippen molar-refractivity contribution >= 4 is 5.95 Å². The first-order valence-electron chi connectivity index (χ1n) is 8.06. The van der Waals surface area contributed by atoms with Gasteiger partial charge in [0.2, 0.25) is 5.95 Å². The second-order valence-electron chi connectivity index (χ2n) is 6.20. The van der Waals surface area contributed by atoms with Gasteiger partial charge in [-0.15, -0.1) is 0 Å². The highest BCUT2D eigenvalue weighted by Crippen LogP contribution is 2.37. The average molecular weight is 339 g/mol. The molecule has 1 saturated carbocycles. The lowest BCUT2D eigenvalue weighted by Crippen LogP contribution is -2.24. The highest BCUT2D eigenvalue weighted by Gasteiger charge is 2.36. The highest BCUT2D eigenvalue weighted by atomic mass is 19.4. The molecule has 1 aliphatic carbocycles. The van der Waals surface area contributed by atoms with Crippen LogP contribution in [0.25, 0.3) is 11.3 Å². The van der Waals surface area contributed by atoms with Crippen LogP contribution in [-0.2, 0) is 13.2 Å². The normalized spacial score (nSPS) is 16.4. The van der Waals surface area contributed by atoms with Gasteiger partial charge < -0.3 is 5.32 Å². The minimum absolute atomic E-state index is 0.124. The van der Waals surface area contributed by atoms with Gasteiger partial charge in [0.05, 0.1) is 11.9 Å². The molecule has 0 atom stereocenters. The fourth-order valence-electron chi connectivity index (χ4n) is 3.02. The lowest BCUT2D eigenvalue weighted by Gasteiger charge is -2.23. The summed E-state index contributed by atoms with van der Waals surface area (Å²) in [5.41, 5.74) is 0.0379. The first-order chi connectivity index (χ1) is 11.4. The molecule has 0 radical (unpaired) electrons. The van der Waals surface area contributed by atoms with Crippen LogP contribution in [0, 0.1) is 6.92 Å². The van der Waals surface area contributed by atoms with Crippen molar-refractivity contribution in [3.63, 3.8) is 0 Å². The quantitative estimate of drug-likeness (QED) is 0.920. The van der Waals surface area contributed by atoms with Gasteiger partial charge in [0.1, 0.15) is 5.56 Å². The number of aryl methyl sites for hydroxylation is 1. The van der Waals surface area contributed by atoms with Crippen LogP contribution in [0.4, 0.5) is 19.1 Å². The van der Waals surface area contributed by atoms with Crippen molar-refractivity contribution in [3.8, 4) is 11.3 Å². The Bertz CT molecular complexity index is 717. The number of nitrogens with zero attached hydrogens (tertiary/aromatic N) is 4. The number of nitrogens with one attached hydrogen (secondary N) is 1. The molecule has 2 heterocycles. The van der Waals surface area contributed by atoms with Crippen LogP contribution in [0.1, 0.15) is 43.4 Å². The van der Waals surface area contributed by atoms with Gasteiger partial charge in [-0.05, 0) is 19.8 Å². The largest absolute Gasteiger partial charge is 0.419 e. The van der Waals surface area contributed by atoms with Gasteiger partial charge >= 0.3 is 6.18 Å². The standard InChI is InChI=1S/C16H20F3N5/c1-10-12(8-21-24(10)2)14-13(16(17,18)19)9-20-15(23-14)22-11-6-4-3-5-7-11/h8-9,11H,3-7H2,1-2H3,(H,20,22,23). The fraction of sp³-hybridized carbons (Fsp3) is 0.562. The minimum Gasteiger partial charge on any atom is -0.351 e. The van der Waals surface area contributed by atoms with Crippen LogP contribution in [0.3, 0.4) is 0 Å². The van der Waals surface area contributed by atoms with Crippen molar-refractivity contribution in [3.05, 3.63) is 23.7 Å². The third-order valence-corrected chi connectivity index (χ3v) is 4.52. The van der Waals surface area contributed by atoms with Crippen LogP contribution >= 0.6 is 0 Å². The summed E-state index contributed by atoms with van der Waals surface area (Å²) >= 11 is 0. The molecule has 8 heteroatoms. The van der Waals surface area contributed by atoms with Crippen molar-refractivity contribution in [1.82, 2.24) is 19.7 Å². The van der Waals surface area contributed by atoms with Crippen molar-refractivity contribution < 1.29 is 13.2 Å². The zero-order valence-corrected chi connectivity index (χ0v) is 13.7. The Morgan fingerprint density at radius 2 is 1.88 bits per heavy atom. The van der Waals surface area contributed by atoms with E-state index in [9.17, 15) is 13.2 Å². The van der Waals surface area contributed by atoms with E-state index >= 15 is 0 Å². The van der Waals surface area contributed by atoms with E-state index in [1.165, 1.54) is 17.3 Å². The molecular weight excluding hydrogens is 319 g/mol. The Morgan fingerprint density at radius 3 is 2.46 bits per heavy atom. The molecule has 0 amide bonds. The predicted octanol–water partition coefficient (Wildman–Crippen LogP) is 3.95. The summed E-state index contributed by atoms with van der Waals surface area (Å²) in [7, 11) is 1.69. The molecule has 2 aromatic rings. The van der Waals surface area contributed by atoms with Gasteiger partial charge in [-0.2, -0.15) is 18.3 Å². The maximum Gasteiger partial charge on any atom is 0.419 e. The number of anilines is 1. The van der Waals surface area contributed by atoms with Crippen molar-refractivity contribution in [2.45, 2.75) is 51.2 Å². The molecule has 0 unspecified atom stereocenters. The zero-order valence-electron chi connectivity index (χ0n) is 13.7. The number of alkyl halides is 3. The van der Waals surface area contributed by atoms with Gasteiger partial charge in [0, 0.05) is 30.5 Å². The topological polar surface area (TPSA) is 55.6 Å². The number of hydrogen-bond donors (Lipinski definition) is 1. The third-order valence-electron chi connectivity index (χ3n) is 4.52. The predicted molar refractivity (Wildman–Crippen MR) is 84.5 cm³/mol. The highest BCUT2D eigenvalue weighted by molar-refractivity contribution is 5.66. The van der Waals surface area contributed by atoms with E-state index in [2.05, 4.69) is 20.4 Å². The van der Waals surface area contributed by atoms with E-state index in [-0.39, 0.29) is 17.7 Å². The van der Waals surface area contributed by atoms with Gasteiger partial charge in [-0.3, -0.25) is 4.68 Å². The number of rotatable bonds is 3. The molecule has 0 saturated heterocycles. The van der Waals surface area contributed by atoms with Crippen molar-refractivity contribution in [1.29, 1.82) is 0 Å². The van der Waals surface area contributed by atoms with Crippen molar-refractivity contribution in [2.24, 2.45) is 7.05 Å². The summed E-state index contributed by atoms with van der Waals surface area (Å²) in [6, 6.07) is 0.221. The Hall–Kier alpha value is -2.12. The summed E-state index contributed by atoms with van der Waals surface area (Å²) in [4.78, 5) is 8.07. The second-order valence-corrected chi connectivity index (χ2v) is 6.20. The lowest BCUT2D eigenvalue weighted by molar-refractivity contribution is -0.137. The molecule has 1 fully saturated rings. The van der Waals surface area contributed by atoms with Crippen LogP contribution in [0.5, 0.6) is 0 Å². The first kappa shape index (κ1) is 16.7. The minimum atomic E-state index is -4.51. The van der Waals surface area contributed by atoms with E-state index in [1.54, 1.807) is 14.0 Å². The molecular formula is C16H20F3N5. The maximum absolute atomic E-state index is 13.3. The summed E-state index contributed by atoms with van der Waals surface area (Å²) in [6.45, 7) is 1.72. The summed E-state index contributed by atoms with van der Waals surface area (Å²) in [5, 5.41) is 7.21. The van der Waals surface area contributed by atoms with Gasteiger partial charge in [0.25, 0.3) is 0 Å². The Balaban J connectivity index is 1.99. The van der Waals surface area contributed by atoms with Crippen LogP contribution in [0.15, 0.2) is 12.4 Å². The van der Waals surface area contributed by atoms with E-state index in [0.717, 1.165) is 31.9 Å². The fourth-order valence-corrected chi connectivity index (χ4v) is 3.02. The zero-order chi connectivity index (χ0) is 17.3. The molecule has 1 N–H and O–H groups in total. The maximum atomic E-state index is 13.3. The number of halogens is 3. The van der Waals surface area contributed by atoms with Gasteiger partial charge in [-0.1, -0.05) is 19.3 Å². The average Bonchev–Trinajstić information content (AvgIpc) is 2.87. The lowest BCUT2D eigenvalue weighted by atomic mass is 9.96.